The van der Waals surface area contributed by atoms with E-state index in [0.29, 0.717) is 36.1 Å². The molecule has 0 bridgehead atoms. The number of methoxy groups -OCH3 is 1. The van der Waals surface area contributed by atoms with Crippen LogP contribution in [-0.2, 0) is 9.53 Å². The van der Waals surface area contributed by atoms with Gasteiger partial charge in [-0.25, -0.2) is 4.79 Å². The van der Waals surface area contributed by atoms with Crippen molar-refractivity contribution < 1.29 is 28.5 Å². The van der Waals surface area contributed by atoms with Gasteiger partial charge in [-0.1, -0.05) is 25.5 Å². The molecule has 0 radical (unpaired) electrons. The highest BCUT2D eigenvalue weighted by molar-refractivity contribution is 5.96. The minimum absolute atomic E-state index is 0.271. The van der Waals surface area contributed by atoms with Gasteiger partial charge in [-0.3, -0.25) is 4.79 Å². The molecular formula is C22H27NO6. The fraction of sp³-hybridized carbons (Fsp3) is 0.364. The number of carbonyl (C=O) groups is 2. The molecule has 2 aromatic carbocycles. The second-order valence-electron chi connectivity index (χ2n) is 6.12. The van der Waals surface area contributed by atoms with Crippen molar-refractivity contribution >= 4 is 17.6 Å². The molecule has 2 aromatic rings. The maximum absolute atomic E-state index is 12.3. The molecule has 29 heavy (non-hydrogen) atoms. The number of carbonyl (C=O) groups excluding carboxylic acids is 2. The van der Waals surface area contributed by atoms with Crippen LogP contribution in [0.4, 0.5) is 5.69 Å². The Hall–Kier alpha value is -3.22. The lowest BCUT2D eigenvalue weighted by molar-refractivity contribution is -0.119. The number of nitrogens with one attached hydrogen (secondary N) is 1. The smallest absolute Gasteiger partial charge is 0.338 e. The van der Waals surface area contributed by atoms with Crippen LogP contribution in [-0.4, -0.2) is 38.8 Å². The Kier molecular flexibility index (Phi) is 8.82. The molecule has 1 N–H and O–H groups in total. The summed E-state index contributed by atoms with van der Waals surface area (Å²) in [5.41, 5.74) is 0.790. The lowest BCUT2D eigenvalue weighted by atomic mass is 10.2. The Bertz CT molecular complexity index is 821. The Balaban J connectivity index is 1.94. The van der Waals surface area contributed by atoms with E-state index in [2.05, 4.69) is 12.2 Å². The predicted octanol–water partition coefficient (Wildman–Crippen LogP) is 4.07. The standard InChI is InChI=1S/C22H27NO6/c1-4-6-13-28-19-12-11-16(14-20(19)26-3)22(25)29-15-21(24)23-17-9-7-8-10-18(17)27-5-2/h7-12,14H,4-6,13,15H2,1-3H3,(H,23,24). The minimum Gasteiger partial charge on any atom is -0.493 e. The van der Waals surface area contributed by atoms with Crippen molar-refractivity contribution in [2.75, 3.05) is 32.2 Å². The monoisotopic (exact) mass is 401 g/mol. The van der Waals surface area contributed by atoms with Crippen molar-refractivity contribution in [1.29, 1.82) is 0 Å². The molecule has 0 unspecified atom stereocenters. The molecular weight excluding hydrogens is 374 g/mol. The van der Waals surface area contributed by atoms with Gasteiger partial charge >= 0.3 is 5.97 Å². The Morgan fingerprint density at radius 1 is 0.966 bits per heavy atom. The molecule has 7 nitrogen and oxygen atoms in total. The van der Waals surface area contributed by atoms with Gasteiger partial charge in [0, 0.05) is 0 Å². The number of unbranched alkanes of at least 4 members (excludes halogenated alkanes) is 1. The predicted molar refractivity (Wildman–Crippen MR) is 110 cm³/mol. The Labute approximate surface area is 170 Å². The summed E-state index contributed by atoms with van der Waals surface area (Å²) >= 11 is 0. The molecule has 1 amide bonds. The number of benzene rings is 2. The number of esters is 1. The summed E-state index contributed by atoms with van der Waals surface area (Å²) in [6.07, 6.45) is 1.94. The lowest BCUT2D eigenvalue weighted by Crippen LogP contribution is -2.21. The van der Waals surface area contributed by atoms with E-state index in [1.165, 1.54) is 13.2 Å². The van der Waals surface area contributed by atoms with Crippen molar-refractivity contribution in [3.63, 3.8) is 0 Å². The molecule has 0 spiro atoms. The van der Waals surface area contributed by atoms with Crippen LogP contribution >= 0.6 is 0 Å². The van der Waals surface area contributed by atoms with E-state index in [-0.39, 0.29) is 5.56 Å². The van der Waals surface area contributed by atoms with Crippen LogP contribution in [0.3, 0.4) is 0 Å². The normalized spacial score (nSPS) is 10.2. The van der Waals surface area contributed by atoms with Crippen LogP contribution in [0.2, 0.25) is 0 Å². The van der Waals surface area contributed by atoms with Crippen LogP contribution in [0.25, 0.3) is 0 Å². The number of para-hydroxylation sites is 2. The summed E-state index contributed by atoms with van der Waals surface area (Å²) in [6, 6.07) is 11.8. The number of ether oxygens (including phenoxy) is 4. The van der Waals surface area contributed by atoms with E-state index >= 15 is 0 Å². The molecule has 0 saturated carbocycles. The van der Waals surface area contributed by atoms with Gasteiger partial charge in [0.25, 0.3) is 5.91 Å². The lowest BCUT2D eigenvalue weighted by Gasteiger charge is -2.13. The molecule has 2 rings (SSSR count). The van der Waals surface area contributed by atoms with Gasteiger partial charge in [-0.05, 0) is 43.7 Å². The van der Waals surface area contributed by atoms with Crippen molar-refractivity contribution in [3.05, 3.63) is 48.0 Å². The second kappa shape index (κ2) is 11.6. The number of anilines is 1. The number of hydrogen-bond acceptors (Lipinski definition) is 6. The van der Waals surface area contributed by atoms with Crippen LogP contribution in [0.15, 0.2) is 42.5 Å². The quantitative estimate of drug-likeness (QED) is 0.451. The molecule has 0 fully saturated rings. The summed E-state index contributed by atoms with van der Waals surface area (Å²) in [5.74, 6) is 0.458. The zero-order valence-corrected chi connectivity index (χ0v) is 17.0. The van der Waals surface area contributed by atoms with E-state index < -0.39 is 18.5 Å². The molecule has 7 heteroatoms. The number of amides is 1. The van der Waals surface area contributed by atoms with Gasteiger partial charge in [0.2, 0.25) is 0 Å². The molecule has 0 saturated heterocycles. The summed E-state index contributed by atoms with van der Waals surface area (Å²) in [7, 11) is 1.50. The third kappa shape index (κ3) is 6.71. The molecule has 0 heterocycles. The van der Waals surface area contributed by atoms with Gasteiger partial charge < -0.3 is 24.3 Å². The van der Waals surface area contributed by atoms with E-state index in [1.54, 1.807) is 30.3 Å². The number of hydrogen-bond donors (Lipinski definition) is 1. The highest BCUT2D eigenvalue weighted by atomic mass is 16.5. The van der Waals surface area contributed by atoms with Crippen LogP contribution in [0, 0.1) is 0 Å². The molecule has 0 atom stereocenters. The largest absolute Gasteiger partial charge is 0.493 e. The third-order valence-corrected chi connectivity index (χ3v) is 3.95. The van der Waals surface area contributed by atoms with E-state index in [0.717, 1.165) is 12.8 Å². The van der Waals surface area contributed by atoms with Crippen LogP contribution in [0.5, 0.6) is 17.2 Å². The van der Waals surface area contributed by atoms with Crippen molar-refractivity contribution in [2.24, 2.45) is 0 Å². The summed E-state index contributed by atoms with van der Waals surface area (Å²) < 4.78 is 21.5. The molecule has 0 aromatic heterocycles. The van der Waals surface area contributed by atoms with E-state index in [9.17, 15) is 9.59 Å². The zero-order valence-electron chi connectivity index (χ0n) is 17.0. The first-order chi connectivity index (χ1) is 14.1. The van der Waals surface area contributed by atoms with Gasteiger partial charge in [0.1, 0.15) is 5.75 Å². The molecule has 0 aliphatic heterocycles. The highest BCUT2D eigenvalue weighted by Gasteiger charge is 2.15. The second-order valence-corrected chi connectivity index (χ2v) is 6.12. The summed E-state index contributed by atoms with van der Waals surface area (Å²) in [5, 5.41) is 2.68. The van der Waals surface area contributed by atoms with Crippen LogP contribution in [0.1, 0.15) is 37.0 Å². The maximum atomic E-state index is 12.3. The van der Waals surface area contributed by atoms with E-state index in [1.807, 2.05) is 13.0 Å². The first-order valence-electron chi connectivity index (χ1n) is 9.58. The molecule has 0 aliphatic carbocycles. The topological polar surface area (TPSA) is 83.1 Å². The van der Waals surface area contributed by atoms with Crippen molar-refractivity contribution in [1.82, 2.24) is 0 Å². The van der Waals surface area contributed by atoms with Crippen LogP contribution < -0.4 is 19.5 Å². The van der Waals surface area contributed by atoms with Gasteiger partial charge in [0.15, 0.2) is 18.1 Å². The van der Waals surface area contributed by atoms with Crippen molar-refractivity contribution in [3.8, 4) is 17.2 Å². The molecule has 0 aliphatic rings. The van der Waals surface area contributed by atoms with E-state index in [4.69, 9.17) is 18.9 Å². The highest BCUT2D eigenvalue weighted by Crippen LogP contribution is 2.28. The summed E-state index contributed by atoms with van der Waals surface area (Å²) in [4.78, 5) is 24.4. The third-order valence-electron chi connectivity index (χ3n) is 3.95. The minimum atomic E-state index is -0.628. The van der Waals surface area contributed by atoms with Gasteiger partial charge in [-0.15, -0.1) is 0 Å². The van der Waals surface area contributed by atoms with Gasteiger partial charge in [-0.2, -0.15) is 0 Å². The van der Waals surface area contributed by atoms with Crippen molar-refractivity contribution in [2.45, 2.75) is 26.7 Å². The first-order valence-corrected chi connectivity index (χ1v) is 9.58. The SMILES string of the molecule is CCCCOc1ccc(C(=O)OCC(=O)Nc2ccccc2OCC)cc1OC. The fourth-order valence-electron chi connectivity index (χ4n) is 2.49. The maximum Gasteiger partial charge on any atom is 0.338 e. The first kappa shape index (κ1) is 22.1. The number of rotatable bonds is 11. The Morgan fingerprint density at radius 3 is 2.48 bits per heavy atom. The Morgan fingerprint density at radius 2 is 1.76 bits per heavy atom. The zero-order chi connectivity index (χ0) is 21.1. The fourth-order valence-corrected chi connectivity index (χ4v) is 2.49. The molecule has 156 valence electrons. The average Bonchev–Trinajstić information content (AvgIpc) is 2.74. The summed E-state index contributed by atoms with van der Waals surface area (Å²) in [6.45, 7) is 4.55. The van der Waals surface area contributed by atoms with Gasteiger partial charge in [0.05, 0.1) is 31.6 Å². The average molecular weight is 401 g/mol.